The Kier molecular flexibility index (Phi) is 6.13. The number of aliphatic carboxylic acids is 1. The molecular formula is C7H15N3O2S. The van der Waals surface area contributed by atoms with Crippen LogP contribution in [-0.2, 0) is 4.79 Å². The molecule has 0 saturated carbocycles. The first-order valence-electron chi connectivity index (χ1n) is 3.90. The number of aliphatic imine (C=N–C) groups is 1. The van der Waals surface area contributed by atoms with Crippen molar-refractivity contribution < 1.29 is 9.90 Å². The Hall–Kier alpha value is -0.910. The molecule has 0 rings (SSSR count). The molecule has 0 aliphatic rings. The van der Waals surface area contributed by atoms with E-state index >= 15 is 0 Å². The Balaban J connectivity index is 3.43. The summed E-state index contributed by atoms with van der Waals surface area (Å²) in [6, 6.07) is 0.0452. The third-order valence-corrected chi connectivity index (χ3v) is 2.40. The minimum atomic E-state index is -0.776. The Bertz CT molecular complexity index is 192. The van der Waals surface area contributed by atoms with Crippen LogP contribution >= 0.6 is 11.8 Å². The second-order valence-corrected chi connectivity index (χ2v) is 3.77. The molecule has 5 nitrogen and oxygen atoms in total. The second kappa shape index (κ2) is 6.59. The van der Waals surface area contributed by atoms with Crippen LogP contribution in [-0.4, -0.2) is 34.6 Å². The summed E-state index contributed by atoms with van der Waals surface area (Å²) in [5.41, 5.74) is 10.3. The minimum absolute atomic E-state index is 0.0452. The first-order valence-corrected chi connectivity index (χ1v) is 5.06. The molecule has 0 heterocycles. The number of nitrogens with two attached hydrogens (primary N) is 2. The zero-order valence-electron chi connectivity index (χ0n) is 7.56. The van der Waals surface area contributed by atoms with Crippen molar-refractivity contribution in [2.24, 2.45) is 16.5 Å². The van der Waals surface area contributed by atoms with E-state index < -0.39 is 5.97 Å². The lowest BCUT2D eigenvalue weighted by molar-refractivity contribution is -0.136. The number of carbonyl (C=O) groups is 1. The fraction of sp³-hybridized carbons (Fsp3) is 0.714. The first kappa shape index (κ1) is 12.1. The molecule has 0 radical (unpaired) electrons. The topological polar surface area (TPSA) is 102 Å². The van der Waals surface area contributed by atoms with E-state index in [0.717, 1.165) is 5.75 Å². The van der Waals surface area contributed by atoms with Crippen LogP contribution in [0.2, 0.25) is 0 Å². The number of nitrogens with zero attached hydrogens (tertiary/aromatic N) is 1. The van der Waals surface area contributed by atoms with E-state index in [1.807, 2.05) is 6.92 Å². The monoisotopic (exact) mass is 205 g/mol. The lowest BCUT2D eigenvalue weighted by atomic mass is 10.4. The molecule has 0 amide bonds. The highest BCUT2D eigenvalue weighted by atomic mass is 32.2. The number of hydrogen-bond donors (Lipinski definition) is 3. The maximum absolute atomic E-state index is 10.1. The zero-order chi connectivity index (χ0) is 10.3. The van der Waals surface area contributed by atoms with Crippen LogP contribution in [0.1, 0.15) is 13.3 Å². The maximum Gasteiger partial charge on any atom is 0.304 e. The Morgan fingerprint density at radius 2 is 2.23 bits per heavy atom. The van der Waals surface area contributed by atoms with Crippen LogP contribution in [0.5, 0.6) is 0 Å². The van der Waals surface area contributed by atoms with Crippen molar-refractivity contribution in [2.75, 3.05) is 11.5 Å². The predicted octanol–water partition coefficient (Wildman–Crippen LogP) is -0.144. The molecule has 13 heavy (non-hydrogen) atoms. The average Bonchev–Trinajstić information content (AvgIpc) is 1.96. The second-order valence-electron chi connectivity index (χ2n) is 2.62. The van der Waals surface area contributed by atoms with Gasteiger partial charge in [-0.2, -0.15) is 11.8 Å². The van der Waals surface area contributed by atoms with Crippen molar-refractivity contribution in [3.63, 3.8) is 0 Å². The number of hydrogen-bond acceptors (Lipinski definition) is 3. The van der Waals surface area contributed by atoms with Crippen LogP contribution in [0, 0.1) is 0 Å². The number of carboxylic acids is 1. The van der Waals surface area contributed by atoms with E-state index in [2.05, 4.69) is 4.99 Å². The van der Waals surface area contributed by atoms with Gasteiger partial charge in [-0.1, -0.05) is 0 Å². The van der Waals surface area contributed by atoms with Gasteiger partial charge in [-0.3, -0.25) is 4.79 Å². The first-order chi connectivity index (χ1) is 6.02. The summed E-state index contributed by atoms with van der Waals surface area (Å²) in [5.74, 6) is 0.638. The van der Waals surface area contributed by atoms with Gasteiger partial charge in [-0.05, 0) is 6.92 Å². The van der Waals surface area contributed by atoms with Gasteiger partial charge in [0, 0.05) is 11.5 Å². The molecule has 0 saturated heterocycles. The normalized spacial score (nSPS) is 12.1. The molecule has 0 aromatic rings. The van der Waals surface area contributed by atoms with Crippen molar-refractivity contribution in [1.29, 1.82) is 0 Å². The minimum Gasteiger partial charge on any atom is -0.481 e. The number of rotatable bonds is 6. The standard InChI is InChI=1S/C7H15N3O2S/c1-5(10-7(8)9)4-13-3-2-6(11)12/h5H,2-4H2,1H3,(H,11,12)(H4,8,9,10). The van der Waals surface area contributed by atoms with Gasteiger partial charge in [0.2, 0.25) is 0 Å². The van der Waals surface area contributed by atoms with Gasteiger partial charge < -0.3 is 16.6 Å². The number of carboxylic acid groups (broad SMARTS) is 1. The van der Waals surface area contributed by atoms with Crippen LogP contribution in [0.3, 0.4) is 0 Å². The molecule has 0 aliphatic carbocycles. The zero-order valence-corrected chi connectivity index (χ0v) is 8.38. The Labute approximate surface area is 81.6 Å². The van der Waals surface area contributed by atoms with E-state index in [4.69, 9.17) is 16.6 Å². The quantitative estimate of drug-likeness (QED) is 0.318. The van der Waals surface area contributed by atoms with E-state index in [1.54, 1.807) is 0 Å². The smallest absolute Gasteiger partial charge is 0.304 e. The van der Waals surface area contributed by atoms with Crippen LogP contribution in [0.4, 0.5) is 0 Å². The van der Waals surface area contributed by atoms with Gasteiger partial charge in [0.05, 0.1) is 12.5 Å². The largest absolute Gasteiger partial charge is 0.481 e. The maximum atomic E-state index is 10.1. The number of guanidine groups is 1. The van der Waals surface area contributed by atoms with Gasteiger partial charge >= 0.3 is 5.97 Å². The summed E-state index contributed by atoms with van der Waals surface area (Å²) < 4.78 is 0. The Morgan fingerprint density at radius 3 is 2.69 bits per heavy atom. The highest BCUT2D eigenvalue weighted by molar-refractivity contribution is 7.99. The molecule has 76 valence electrons. The summed E-state index contributed by atoms with van der Waals surface area (Å²) >= 11 is 1.53. The van der Waals surface area contributed by atoms with Crippen molar-refractivity contribution in [1.82, 2.24) is 0 Å². The molecule has 0 aliphatic heterocycles. The molecule has 5 N–H and O–H groups in total. The van der Waals surface area contributed by atoms with Gasteiger partial charge in [-0.25, -0.2) is 4.99 Å². The van der Waals surface area contributed by atoms with E-state index in [-0.39, 0.29) is 18.4 Å². The van der Waals surface area contributed by atoms with Crippen molar-refractivity contribution >= 4 is 23.7 Å². The third-order valence-electron chi connectivity index (χ3n) is 1.19. The fourth-order valence-corrected chi connectivity index (χ4v) is 1.61. The summed E-state index contributed by atoms with van der Waals surface area (Å²) in [5, 5.41) is 8.34. The van der Waals surface area contributed by atoms with Gasteiger partial charge in [0.25, 0.3) is 0 Å². The highest BCUT2D eigenvalue weighted by Gasteiger charge is 2.01. The molecule has 1 unspecified atom stereocenters. The number of thioether (sulfide) groups is 1. The Morgan fingerprint density at radius 1 is 1.62 bits per heavy atom. The van der Waals surface area contributed by atoms with E-state index in [1.165, 1.54) is 11.8 Å². The van der Waals surface area contributed by atoms with E-state index in [0.29, 0.717) is 5.75 Å². The molecule has 1 atom stereocenters. The van der Waals surface area contributed by atoms with Crippen LogP contribution in [0.15, 0.2) is 4.99 Å². The summed E-state index contributed by atoms with van der Waals surface area (Å²) in [6.07, 6.45) is 0.180. The molecule has 0 bridgehead atoms. The highest BCUT2D eigenvalue weighted by Crippen LogP contribution is 2.06. The molecular weight excluding hydrogens is 190 g/mol. The summed E-state index contributed by atoms with van der Waals surface area (Å²) in [7, 11) is 0. The molecule has 0 fully saturated rings. The van der Waals surface area contributed by atoms with Gasteiger partial charge in [-0.15, -0.1) is 0 Å². The fourth-order valence-electron chi connectivity index (χ4n) is 0.705. The van der Waals surface area contributed by atoms with Crippen molar-refractivity contribution in [3.05, 3.63) is 0 Å². The lowest BCUT2D eigenvalue weighted by Crippen LogP contribution is -2.25. The van der Waals surface area contributed by atoms with E-state index in [9.17, 15) is 4.79 Å². The molecule has 6 heteroatoms. The van der Waals surface area contributed by atoms with Crippen molar-refractivity contribution in [2.45, 2.75) is 19.4 Å². The SMILES string of the molecule is CC(CSCCC(=O)O)N=C(N)N. The van der Waals surface area contributed by atoms with Gasteiger partial charge in [0.15, 0.2) is 5.96 Å². The molecule has 0 spiro atoms. The average molecular weight is 205 g/mol. The lowest BCUT2D eigenvalue weighted by Gasteiger charge is -2.04. The van der Waals surface area contributed by atoms with Crippen molar-refractivity contribution in [3.8, 4) is 0 Å². The van der Waals surface area contributed by atoms with Gasteiger partial charge in [0.1, 0.15) is 0 Å². The third kappa shape index (κ3) is 9.00. The molecule has 0 aromatic heterocycles. The van der Waals surface area contributed by atoms with Crippen LogP contribution in [0.25, 0.3) is 0 Å². The predicted molar refractivity (Wildman–Crippen MR) is 54.8 cm³/mol. The summed E-state index contributed by atoms with van der Waals surface area (Å²) in [4.78, 5) is 14.0. The molecule has 0 aromatic carbocycles. The van der Waals surface area contributed by atoms with Crippen LogP contribution < -0.4 is 11.5 Å². The summed E-state index contributed by atoms with van der Waals surface area (Å²) in [6.45, 7) is 1.88.